The maximum atomic E-state index is 12.4. The molecule has 3 heterocycles. The lowest BCUT2D eigenvalue weighted by Crippen LogP contribution is -2.47. The molecule has 1 aliphatic rings. The molecular weight excluding hydrogens is 380 g/mol. The van der Waals surface area contributed by atoms with Gasteiger partial charge in [-0.3, -0.25) is 19.0 Å². The Morgan fingerprint density at radius 3 is 2.40 bits per heavy atom. The Bertz CT molecular complexity index is 1040. The number of benzene rings is 1. The zero-order valence-corrected chi connectivity index (χ0v) is 17.6. The molecule has 7 heteroatoms. The molecule has 3 aromatic rings. The quantitative estimate of drug-likeness (QED) is 0.598. The van der Waals surface area contributed by atoms with Gasteiger partial charge in [0.15, 0.2) is 0 Å². The van der Waals surface area contributed by atoms with E-state index in [1.54, 1.807) is 17.6 Å². The van der Waals surface area contributed by atoms with Crippen molar-refractivity contribution in [2.24, 2.45) is 0 Å². The molecule has 158 valence electrons. The molecule has 7 nitrogen and oxygen atoms in total. The van der Waals surface area contributed by atoms with Crippen molar-refractivity contribution in [2.75, 3.05) is 46.4 Å². The molecule has 1 saturated heterocycles. The summed E-state index contributed by atoms with van der Waals surface area (Å²) >= 11 is 0. The Hall–Kier alpha value is -2.90. The van der Waals surface area contributed by atoms with Crippen LogP contribution in [0.2, 0.25) is 0 Å². The molecule has 0 unspecified atom stereocenters. The van der Waals surface area contributed by atoms with E-state index in [4.69, 9.17) is 9.47 Å². The number of nitrogens with zero attached hydrogens (tertiary/aromatic N) is 4. The minimum atomic E-state index is -0.0204. The molecule has 4 rings (SSSR count). The van der Waals surface area contributed by atoms with Crippen molar-refractivity contribution in [3.05, 3.63) is 70.3 Å². The van der Waals surface area contributed by atoms with Crippen molar-refractivity contribution >= 4 is 5.65 Å². The predicted molar refractivity (Wildman–Crippen MR) is 116 cm³/mol. The molecule has 1 aliphatic heterocycles. The topological polar surface area (TPSA) is 59.3 Å². The smallest absolute Gasteiger partial charge is 0.258 e. The van der Waals surface area contributed by atoms with E-state index in [2.05, 4.69) is 14.8 Å². The molecule has 0 aliphatic carbocycles. The van der Waals surface area contributed by atoms with Crippen LogP contribution < -0.4 is 15.0 Å². The van der Waals surface area contributed by atoms with Gasteiger partial charge in [-0.1, -0.05) is 6.07 Å². The van der Waals surface area contributed by atoms with Gasteiger partial charge in [0, 0.05) is 51.5 Å². The summed E-state index contributed by atoms with van der Waals surface area (Å²) in [7, 11) is 1.66. The SMILES string of the molecule is COc1ccc(OCCN2CCN(Cc3cc(=O)n4cc(C)ccc4n3)CC2)cc1. The molecule has 0 saturated carbocycles. The number of piperazine rings is 1. The second-order valence-electron chi connectivity index (χ2n) is 7.66. The third kappa shape index (κ3) is 4.98. The Kier molecular flexibility index (Phi) is 6.30. The maximum absolute atomic E-state index is 12.4. The van der Waals surface area contributed by atoms with Crippen LogP contribution in [0.25, 0.3) is 5.65 Å². The zero-order valence-electron chi connectivity index (χ0n) is 17.6. The third-order valence-electron chi connectivity index (χ3n) is 5.45. The molecule has 30 heavy (non-hydrogen) atoms. The van der Waals surface area contributed by atoms with Gasteiger partial charge in [0.2, 0.25) is 0 Å². The van der Waals surface area contributed by atoms with Crippen LogP contribution in [0.1, 0.15) is 11.3 Å². The van der Waals surface area contributed by atoms with Crippen LogP contribution >= 0.6 is 0 Å². The van der Waals surface area contributed by atoms with Gasteiger partial charge < -0.3 is 9.47 Å². The van der Waals surface area contributed by atoms with Crippen LogP contribution in [0.4, 0.5) is 0 Å². The van der Waals surface area contributed by atoms with Crippen molar-refractivity contribution in [3.63, 3.8) is 0 Å². The fourth-order valence-corrected chi connectivity index (χ4v) is 3.70. The molecule has 1 aromatic carbocycles. The average molecular weight is 409 g/mol. The molecule has 0 spiro atoms. The van der Waals surface area contributed by atoms with Crippen LogP contribution in [0.5, 0.6) is 11.5 Å². The van der Waals surface area contributed by atoms with Gasteiger partial charge in [-0.2, -0.15) is 0 Å². The summed E-state index contributed by atoms with van der Waals surface area (Å²) < 4.78 is 12.6. The second kappa shape index (κ2) is 9.28. The summed E-state index contributed by atoms with van der Waals surface area (Å²) in [6.07, 6.45) is 1.83. The Morgan fingerprint density at radius 1 is 0.967 bits per heavy atom. The van der Waals surface area contributed by atoms with Crippen molar-refractivity contribution in [1.29, 1.82) is 0 Å². The minimum Gasteiger partial charge on any atom is -0.497 e. The summed E-state index contributed by atoms with van der Waals surface area (Å²) in [6.45, 7) is 8.12. The first-order valence-corrected chi connectivity index (χ1v) is 10.3. The summed E-state index contributed by atoms with van der Waals surface area (Å²) in [5.74, 6) is 1.69. The highest BCUT2D eigenvalue weighted by Crippen LogP contribution is 2.17. The first-order valence-electron chi connectivity index (χ1n) is 10.3. The fourth-order valence-electron chi connectivity index (χ4n) is 3.70. The number of methoxy groups -OCH3 is 1. The molecule has 2 aromatic heterocycles. The highest BCUT2D eigenvalue weighted by Gasteiger charge is 2.17. The minimum absolute atomic E-state index is 0.0204. The van der Waals surface area contributed by atoms with Gasteiger partial charge in [-0.05, 0) is 42.8 Å². The van der Waals surface area contributed by atoms with Gasteiger partial charge in [-0.25, -0.2) is 4.98 Å². The third-order valence-corrected chi connectivity index (χ3v) is 5.45. The van der Waals surface area contributed by atoms with Crippen LogP contribution in [-0.4, -0.2) is 65.6 Å². The van der Waals surface area contributed by atoms with E-state index in [1.807, 2.05) is 49.5 Å². The highest BCUT2D eigenvalue weighted by molar-refractivity contribution is 5.40. The monoisotopic (exact) mass is 408 g/mol. The summed E-state index contributed by atoms with van der Waals surface area (Å²) in [6, 6.07) is 13.2. The molecule has 0 N–H and O–H groups in total. The number of ether oxygens (including phenoxy) is 2. The molecule has 0 amide bonds. The van der Waals surface area contributed by atoms with Gasteiger partial charge in [0.05, 0.1) is 12.8 Å². The zero-order chi connectivity index (χ0) is 20.9. The van der Waals surface area contributed by atoms with E-state index in [0.29, 0.717) is 18.8 Å². The first kappa shape index (κ1) is 20.4. The number of fused-ring (bicyclic) bond motifs is 1. The van der Waals surface area contributed by atoms with Crippen LogP contribution in [0.3, 0.4) is 0 Å². The van der Waals surface area contributed by atoms with Crippen LogP contribution in [0, 0.1) is 6.92 Å². The number of rotatable bonds is 7. The molecule has 0 atom stereocenters. The largest absolute Gasteiger partial charge is 0.497 e. The highest BCUT2D eigenvalue weighted by atomic mass is 16.5. The van der Waals surface area contributed by atoms with Gasteiger partial charge in [-0.15, -0.1) is 0 Å². The lowest BCUT2D eigenvalue weighted by molar-refractivity contribution is 0.111. The Morgan fingerprint density at radius 2 is 1.67 bits per heavy atom. The van der Waals surface area contributed by atoms with Crippen LogP contribution in [-0.2, 0) is 6.54 Å². The van der Waals surface area contributed by atoms with Crippen LogP contribution in [0.15, 0.2) is 53.5 Å². The number of aromatic nitrogens is 2. The second-order valence-corrected chi connectivity index (χ2v) is 7.66. The predicted octanol–water partition coefficient (Wildman–Crippen LogP) is 2.21. The number of pyridine rings is 1. The normalized spacial score (nSPS) is 15.4. The Balaban J connectivity index is 1.25. The van der Waals surface area contributed by atoms with Gasteiger partial charge >= 0.3 is 0 Å². The lowest BCUT2D eigenvalue weighted by atomic mass is 10.2. The molecular formula is C23H28N4O3. The maximum Gasteiger partial charge on any atom is 0.258 e. The number of hydrogen-bond donors (Lipinski definition) is 0. The van der Waals surface area contributed by atoms with E-state index in [9.17, 15) is 4.79 Å². The van der Waals surface area contributed by atoms with Crippen molar-refractivity contribution in [1.82, 2.24) is 19.2 Å². The van der Waals surface area contributed by atoms with E-state index < -0.39 is 0 Å². The first-order chi connectivity index (χ1) is 14.6. The van der Waals surface area contributed by atoms with Gasteiger partial charge in [0.25, 0.3) is 5.56 Å². The summed E-state index contributed by atoms with van der Waals surface area (Å²) in [5.41, 5.74) is 2.57. The number of aryl methyl sites for hydroxylation is 1. The van der Waals surface area contributed by atoms with Crippen molar-refractivity contribution < 1.29 is 9.47 Å². The van der Waals surface area contributed by atoms with Crippen molar-refractivity contribution in [3.8, 4) is 11.5 Å². The molecule has 0 radical (unpaired) electrons. The Labute approximate surface area is 176 Å². The van der Waals surface area contributed by atoms with E-state index in [0.717, 1.165) is 55.5 Å². The average Bonchev–Trinajstić information content (AvgIpc) is 2.76. The standard InChI is InChI=1S/C23H28N4O3/c1-18-3-8-22-24-19(15-23(28)27(22)16-18)17-26-11-9-25(10-12-26)13-14-30-21-6-4-20(29-2)5-7-21/h3-8,15-16H,9-14,17H2,1-2H3. The summed E-state index contributed by atoms with van der Waals surface area (Å²) in [5, 5.41) is 0. The molecule has 1 fully saturated rings. The fraction of sp³-hybridized carbons (Fsp3) is 0.391. The van der Waals surface area contributed by atoms with E-state index >= 15 is 0 Å². The summed E-state index contributed by atoms with van der Waals surface area (Å²) in [4.78, 5) is 21.8. The van der Waals surface area contributed by atoms with Gasteiger partial charge in [0.1, 0.15) is 23.8 Å². The van der Waals surface area contributed by atoms with E-state index in [-0.39, 0.29) is 5.56 Å². The lowest BCUT2D eigenvalue weighted by Gasteiger charge is -2.34. The van der Waals surface area contributed by atoms with Crippen molar-refractivity contribution in [2.45, 2.75) is 13.5 Å². The number of hydrogen-bond acceptors (Lipinski definition) is 6. The van der Waals surface area contributed by atoms with E-state index in [1.165, 1.54) is 0 Å². The molecule has 0 bridgehead atoms.